The van der Waals surface area contributed by atoms with Gasteiger partial charge in [0.05, 0.1) is 12.7 Å². The van der Waals surface area contributed by atoms with Crippen LogP contribution in [-0.2, 0) is 4.79 Å². The topological polar surface area (TPSA) is 84.7 Å². The van der Waals surface area contributed by atoms with E-state index in [-0.39, 0.29) is 17.9 Å². The van der Waals surface area contributed by atoms with Crippen molar-refractivity contribution in [1.29, 1.82) is 0 Å². The summed E-state index contributed by atoms with van der Waals surface area (Å²) in [7, 11) is 1.55. The zero-order valence-corrected chi connectivity index (χ0v) is 12.4. The maximum Gasteiger partial charge on any atom is 0.253 e. The molecule has 0 aromatic heterocycles. The van der Waals surface area contributed by atoms with Crippen molar-refractivity contribution in [2.75, 3.05) is 25.9 Å². The van der Waals surface area contributed by atoms with E-state index >= 15 is 0 Å². The maximum absolute atomic E-state index is 12.2. The number of rotatable bonds is 5. The number of nitrogen functional groups attached to an aromatic ring is 1. The van der Waals surface area contributed by atoms with E-state index in [1.807, 2.05) is 6.92 Å². The van der Waals surface area contributed by atoms with Gasteiger partial charge < -0.3 is 20.7 Å². The molecule has 1 fully saturated rings. The van der Waals surface area contributed by atoms with Crippen LogP contribution >= 0.6 is 0 Å². The van der Waals surface area contributed by atoms with Crippen LogP contribution in [0.3, 0.4) is 0 Å². The quantitative estimate of drug-likeness (QED) is 0.793. The lowest BCUT2D eigenvalue weighted by Gasteiger charge is -2.22. The molecule has 114 valence electrons. The van der Waals surface area contributed by atoms with Crippen LogP contribution in [-0.4, -0.2) is 43.0 Å². The lowest BCUT2D eigenvalue weighted by Crippen LogP contribution is -2.42. The number of carbonyl (C=O) groups excluding carboxylic acids is 2. The Morgan fingerprint density at radius 3 is 2.86 bits per heavy atom. The number of amides is 2. The number of hydrogen-bond donors (Lipinski definition) is 2. The highest BCUT2D eigenvalue weighted by Crippen LogP contribution is 2.19. The van der Waals surface area contributed by atoms with Crippen LogP contribution < -0.4 is 15.8 Å². The standard InChI is InChI=1S/C15H21N3O3/c1-10(9-18-7-3-4-14(18)19)17-15(20)12-6-5-11(21-2)8-13(12)16/h5-6,8,10H,3-4,7,9,16H2,1-2H3,(H,17,20). The van der Waals surface area contributed by atoms with Gasteiger partial charge in [-0.15, -0.1) is 0 Å². The second-order valence-electron chi connectivity index (χ2n) is 5.27. The van der Waals surface area contributed by atoms with E-state index in [0.717, 1.165) is 13.0 Å². The highest BCUT2D eigenvalue weighted by Gasteiger charge is 2.22. The molecule has 2 rings (SSSR count). The smallest absolute Gasteiger partial charge is 0.253 e. The second kappa shape index (κ2) is 6.47. The van der Waals surface area contributed by atoms with Gasteiger partial charge in [0.15, 0.2) is 0 Å². The molecule has 3 N–H and O–H groups in total. The van der Waals surface area contributed by atoms with Gasteiger partial charge in [-0.1, -0.05) is 0 Å². The first-order valence-electron chi connectivity index (χ1n) is 7.03. The molecule has 0 radical (unpaired) electrons. The number of likely N-dealkylation sites (tertiary alicyclic amines) is 1. The number of carbonyl (C=O) groups is 2. The number of hydrogen-bond acceptors (Lipinski definition) is 4. The van der Waals surface area contributed by atoms with Crippen LogP contribution in [0.2, 0.25) is 0 Å². The van der Waals surface area contributed by atoms with Gasteiger partial charge in [0.25, 0.3) is 5.91 Å². The Morgan fingerprint density at radius 2 is 2.29 bits per heavy atom. The molecule has 1 saturated heterocycles. The summed E-state index contributed by atoms with van der Waals surface area (Å²) in [6, 6.07) is 4.82. The molecule has 1 heterocycles. The van der Waals surface area contributed by atoms with Crippen molar-refractivity contribution in [1.82, 2.24) is 10.2 Å². The first kappa shape index (κ1) is 15.2. The van der Waals surface area contributed by atoms with Crippen LogP contribution in [0.4, 0.5) is 5.69 Å². The van der Waals surface area contributed by atoms with E-state index in [1.165, 1.54) is 0 Å². The first-order valence-corrected chi connectivity index (χ1v) is 7.03. The predicted molar refractivity (Wildman–Crippen MR) is 80.1 cm³/mol. The summed E-state index contributed by atoms with van der Waals surface area (Å²) < 4.78 is 5.06. The zero-order valence-electron chi connectivity index (χ0n) is 12.4. The summed E-state index contributed by atoms with van der Waals surface area (Å²) >= 11 is 0. The van der Waals surface area contributed by atoms with Gasteiger partial charge in [0, 0.05) is 37.3 Å². The molecule has 0 aliphatic carbocycles. The highest BCUT2D eigenvalue weighted by molar-refractivity contribution is 5.99. The molecule has 2 amide bonds. The van der Waals surface area contributed by atoms with Crippen LogP contribution in [0.25, 0.3) is 0 Å². The minimum Gasteiger partial charge on any atom is -0.497 e. The van der Waals surface area contributed by atoms with Crippen molar-refractivity contribution >= 4 is 17.5 Å². The molecule has 1 aliphatic rings. The SMILES string of the molecule is COc1ccc(C(=O)NC(C)CN2CCCC2=O)c(N)c1. The molecule has 1 aromatic carbocycles. The van der Waals surface area contributed by atoms with Crippen LogP contribution in [0.5, 0.6) is 5.75 Å². The summed E-state index contributed by atoms with van der Waals surface area (Å²) in [6.07, 6.45) is 1.50. The maximum atomic E-state index is 12.2. The number of nitrogens with one attached hydrogen (secondary N) is 1. The fraction of sp³-hybridized carbons (Fsp3) is 0.467. The first-order chi connectivity index (χ1) is 10.0. The molecule has 1 atom stereocenters. The molecule has 1 aromatic rings. The van der Waals surface area contributed by atoms with Gasteiger partial charge >= 0.3 is 0 Å². The van der Waals surface area contributed by atoms with Crippen LogP contribution in [0, 0.1) is 0 Å². The zero-order chi connectivity index (χ0) is 15.4. The fourth-order valence-corrected chi connectivity index (χ4v) is 2.45. The number of ether oxygens (including phenoxy) is 1. The van der Waals surface area contributed by atoms with Gasteiger partial charge in [-0.25, -0.2) is 0 Å². The van der Waals surface area contributed by atoms with Crippen molar-refractivity contribution in [2.24, 2.45) is 0 Å². The van der Waals surface area contributed by atoms with Crippen LogP contribution in [0.1, 0.15) is 30.1 Å². The molecule has 0 saturated carbocycles. The van der Waals surface area contributed by atoms with E-state index < -0.39 is 0 Å². The van der Waals surface area contributed by atoms with E-state index in [4.69, 9.17) is 10.5 Å². The van der Waals surface area contributed by atoms with E-state index in [2.05, 4.69) is 5.32 Å². The Balaban J connectivity index is 1.95. The fourth-order valence-electron chi connectivity index (χ4n) is 2.45. The monoisotopic (exact) mass is 291 g/mol. The third kappa shape index (κ3) is 3.65. The Bertz CT molecular complexity index is 545. The van der Waals surface area contributed by atoms with E-state index in [9.17, 15) is 9.59 Å². The molecule has 6 heteroatoms. The number of anilines is 1. The molecule has 21 heavy (non-hydrogen) atoms. The molecule has 0 bridgehead atoms. The summed E-state index contributed by atoms with van der Waals surface area (Å²) in [4.78, 5) is 25.5. The van der Waals surface area contributed by atoms with Crippen molar-refractivity contribution < 1.29 is 14.3 Å². The summed E-state index contributed by atoms with van der Waals surface area (Å²) in [5.74, 6) is 0.522. The van der Waals surface area contributed by atoms with Crippen molar-refractivity contribution in [3.63, 3.8) is 0 Å². The Hall–Kier alpha value is -2.24. The second-order valence-corrected chi connectivity index (χ2v) is 5.27. The lowest BCUT2D eigenvalue weighted by atomic mass is 10.1. The highest BCUT2D eigenvalue weighted by atomic mass is 16.5. The largest absolute Gasteiger partial charge is 0.497 e. The summed E-state index contributed by atoms with van der Waals surface area (Å²) in [6.45, 7) is 3.17. The Labute approximate surface area is 124 Å². The van der Waals surface area contributed by atoms with Gasteiger partial charge in [0.1, 0.15) is 5.75 Å². The molecular weight excluding hydrogens is 270 g/mol. The lowest BCUT2D eigenvalue weighted by molar-refractivity contribution is -0.127. The van der Waals surface area contributed by atoms with Gasteiger partial charge in [-0.3, -0.25) is 9.59 Å². The molecule has 0 spiro atoms. The minimum absolute atomic E-state index is 0.124. The predicted octanol–water partition coefficient (Wildman–Crippen LogP) is 1.02. The Kier molecular flexibility index (Phi) is 4.67. The van der Waals surface area contributed by atoms with Crippen molar-refractivity contribution in [3.05, 3.63) is 23.8 Å². The average Bonchev–Trinajstić information content (AvgIpc) is 2.83. The molecule has 6 nitrogen and oxygen atoms in total. The van der Waals surface area contributed by atoms with Gasteiger partial charge in [-0.2, -0.15) is 0 Å². The number of methoxy groups -OCH3 is 1. The number of nitrogens with zero attached hydrogens (tertiary/aromatic N) is 1. The minimum atomic E-state index is -0.241. The Morgan fingerprint density at radius 1 is 1.52 bits per heavy atom. The summed E-state index contributed by atoms with van der Waals surface area (Å²) in [5.41, 5.74) is 6.64. The molecule has 1 unspecified atom stereocenters. The number of benzene rings is 1. The average molecular weight is 291 g/mol. The van der Waals surface area contributed by atoms with Gasteiger partial charge in [-0.05, 0) is 25.5 Å². The van der Waals surface area contributed by atoms with Gasteiger partial charge in [0.2, 0.25) is 5.91 Å². The van der Waals surface area contributed by atoms with Crippen molar-refractivity contribution in [3.8, 4) is 5.75 Å². The van der Waals surface area contributed by atoms with Crippen LogP contribution in [0.15, 0.2) is 18.2 Å². The van der Waals surface area contributed by atoms with Crippen molar-refractivity contribution in [2.45, 2.75) is 25.8 Å². The van der Waals surface area contributed by atoms with E-state index in [0.29, 0.717) is 30.0 Å². The third-order valence-corrected chi connectivity index (χ3v) is 3.55. The number of nitrogens with two attached hydrogens (primary N) is 1. The van der Waals surface area contributed by atoms with E-state index in [1.54, 1.807) is 30.2 Å². The molecule has 1 aliphatic heterocycles. The summed E-state index contributed by atoms with van der Waals surface area (Å²) in [5, 5.41) is 2.87. The molecular formula is C15H21N3O3. The third-order valence-electron chi connectivity index (χ3n) is 3.55. The normalized spacial score (nSPS) is 15.9.